The molecule has 0 saturated heterocycles. The molecule has 10 aromatic rings. The molecule has 2 saturated carbocycles. The summed E-state index contributed by atoms with van der Waals surface area (Å²) >= 11 is 0. The van der Waals surface area contributed by atoms with E-state index in [4.69, 9.17) is 0 Å². The van der Waals surface area contributed by atoms with E-state index in [1.165, 1.54) is 38.5 Å². The highest BCUT2D eigenvalue weighted by atomic mass is 16.1. The van der Waals surface area contributed by atoms with Crippen LogP contribution < -0.4 is 11.1 Å². The smallest absolute Gasteiger partial charge is 0.258 e. The van der Waals surface area contributed by atoms with Crippen LogP contribution in [-0.2, 0) is 0 Å². The molecule has 5 heterocycles. The second kappa shape index (κ2) is 17.9. The minimum absolute atomic E-state index is 0.00737. The highest BCUT2D eigenvalue weighted by Gasteiger charge is 2.24. The first-order chi connectivity index (χ1) is 28.4. The molecular formula is C54H50N2O2. The Balaban J connectivity index is 1.40. The molecule has 0 N–H and O–H groups in total. The molecule has 0 radical (unpaired) electrons. The lowest BCUT2D eigenvalue weighted by atomic mass is 9.84. The van der Waals surface area contributed by atoms with Crippen molar-refractivity contribution < 1.29 is 0 Å². The van der Waals surface area contributed by atoms with Crippen LogP contribution in [0.3, 0.4) is 0 Å². The van der Waals surface area contributed by atoms with Crippen LogP contribution in [0.5, 0.6) is 0 Å². The van der Waals surface area contributed by atoms with Gasteiger partial charge in [0.25, 0.3) is 11.1 Å². The van der Waals surface area contributed by atoms with E-state index in [2.05, 4.69) is 50.2 Å². The minimum Gasteiger partial charge on any atom is -0.305 e. The number of rotatable bonds is 4. The van der Waals surface area contributed by atoms with Gasteiger partial charge in [0.15, 0.2) is 0 Å². The molecule has 5 aromatic carbocycles. The molecule has 4 nitrogen and oxygen atoms in total. The van der Waals surface area contributed by atoms with Gasteiger partial charge in [-0.15, -0.1) is 0 Å². The Labute approximate surface area is 342 Å². The van der Waals surface area contributed by atoms with Crippen molar-refractivity contribution in [2.75, 3.05) is 0 Å². The van der Waals surface area contributed by atoms with Crippen LogP contribution in [0.25, 0.3) is 54.1 Å². The average Bonchev–Trinajstić information content (AvgIpc) is 3.28. The zero-order valence-corrected chi connectivity index (χ0v) is 33.6. The number of benzene rings is 5. The van der Waals surface area contributed by atoms with Gasteiger partial charge in [-0.25, -0.2) is 0 Å². The average molecular weight is 759 g/mol. The molecule has 4 heteroatoms. The summed E-state index contributed by atoms with van der Waals surface area (Å²) in [4.78, 5) is 29.2. The Morgan fingerprint density at radius 2 is 0.724 bits per heavy atom. The van der Waals surface area contributed by atoms with Gasteiger partial charge in [0.2, 0.25) is 0 Å². The lowest BCUT2D eigenvalue weighted by Crippen LogP contribution is -2.29. The number of fused-ring (bicyclic) bond motifs is 1. The second-order valence-electron chi connectivity index (χ2n) is 16.1. The molecule has 6 bridgehead atoms. The molecule has 0 spiro atoms. The molecule has 0 unspecified atom stereocenters. The van der Waals surface area contributed by atoms with Crippen LogP contribution >= 0.6 is 0 Å². The van der Waals surface area contributed by atoms with E-state index in [0.29, 0.717) is 22.6 Å². The molecule has 2 atom stereocenters. The lowest BCUT2D eigenvalue weighted by molar-refractivity contribution is 0.265. The van der Waals surface area contributed by atoms with Crippen molar-refractivity contribution in [1.29, 1.82) is 0 Å². The van der Waals surface area contributed by atoms with Crippen molar-refractivity contribution in [3.05, 3.63) is 178 Å². The molecular weight excluding hydrogens is 709 g/mol. The lowest BCUT2D eigenvalue weighted by Gasteiger charge is -2.29. The Bertz CT molecular complexity index is 2550. The van der Waals surface area contributed by atoms with Gasteiger partial charge >= 0.3 is 0 Å². The number of nitrogens with zero attached hydrogens (tertiary/aromatic N) is 2. The largest absolute Gasteiger partial charge is 0.305 e. The minimum atomic E-state index is -0.0597. The van der Waals surface area contributed by atoms with Gasteiger partial charge < -0.3 is 9.13 Å². The third kappa shape index (κ3) is 8.66. The molecule has 58 heavy (non-hydrogen) atoms. The number of aromatic nitrogens is 2. The fraction of sp³-hybridized carbons (Fsp3) is 0.296. The predicted molar refractivity (Wildman–Crippen MR) is 240 cm³/mol. The van der Waals surface area contributed by atoms with Gasteiger partial charge in [0, 0.05) is 66.2 Å². The predicted octanol–water partition coefficient (Wildman–Crippen LogP) is 12.8. The molecule has 2 aliphatic carbocycles. The quantitative estimate of drug-likeness (QED) is 0.180. The normalized spacial score (nSPS) is 15.6. The van der Waals surface area contributed by atoms with Gasteiger partial charge in [0.05, 0.1) is 0 Å². The Hall–Kier alpha value is -6.28. The van der Waals surface area contributed by atoms with Gasteiger partial charge in [0.1, 0.15) is 0 Å². The van der Waals surface area contributed by atoms with Gasteiger partial charge in [-0.1, -0.05) is 99.2 Å². The third-order valence-electron chi connectivity index (χ3n) is 12.5. The maximum atomic E-state index is 14.6. The first kappa shape index (κ1) is 38.6. The van der Waals surface area contributed by atoms with E-state index >= 15 is 0 Å². The van der Waals surface area contributed by atoms with Crippen molar-refractivity contribution >= 4 is 54.1 Å². The Kier molecular flexibility index (Phi) is 11.9. The molecule has 5 aromatic heterocycles. The summed E-state index contributed by atoms with van der Waals surface area (Å²) in [5.41, 5.74) is 1.57. The van der Waals surface area contributed by atoms with Crippen molar-refractivity contribution in [2.45, 2.75) is 90.1 Å². The summed E-state index contributed by atoms with van der Waals surface area (Å²) < 4.78 is 3.94. The maximum Gasteiger partial charge on any atom is 0.258 e. The van der Waals surface area contributed by atoms with Gasteiger partial charge in [-0.3, -0.25) is 9.59 Å². The van der Waals surface area contributed by atoms with Crippen LogP contribution in [0.2, 0.25) is 0 Å². The van der Waals surface area contributed by atoms with Crippen LogP contribution in [0, 0.1) is 48.2 Å². The van der Waals surface area contributed by atoms with Crippen LogP contribution in [-0.4, -0.2) is 9.13 Å². The fourth-order valence-corrected chi connectivity index (χ4v) is 8.99. The van der Waals surface area contributed by atoms with E-state index in [0.717, 1.165) is 69.0 Å². The van der Waals surface area contributed by atoms with Crippen molar-refractivity contribution in [3.63, 3.8) is 0 Å². The van der Waals surface area contributed by atoms with E-state index in [9.17, 15) is 9.59 Å². The maximum absolute atomic E-state index is 14.6. The van der Waals surface area contributed by atoms with Gasteiger partial charge in [-0.2, -0.15) is 0 Å². The summed E-state index contributed by atoms with van der Waals surface area (Å²) in [7, 11) is 0. The fourth-order valence-electron chi connectivity index (χ4n) is 8.99. The number of hydrogen-bond acceptors (Lipinski definition) is 2. The first-order valence-corrected chi connectivity index (χ1v) is 21.1. The standard InChI is InChI=1S/C54H50N2O2/c1-39(43-13-5-3-6-14-43)55-51-35-23-41(24-36-51)21-27-45-17-9-11-19-47(45)29-30-48-20-12-10-18-46(48)28-22-42-25-37-52(38-26-42)56(40(2)44-15-7-4-8-16-44)54(58)50-33-31-49(32-34-50)53(55)57/h9-12,17-20,23-26,31-40,43-44H,3-8,13-16H2,1-2H3/t39-,40-/m1/s1. The summed E-state index contributed by atoms with van der Waals surface area (Å²) in [6, 6.07) is 59.5. The third-order valence-corrected chi connectivity index (χ3v) is 12.5. The summed E-state index contributed by atoms with van der Waals surface area (Å²) in [5.74, 6) is 0.824. The second-order valence-corrected chi connectivity index (χ2v) is 16.1. The molecule has 2 aliphatic rings. The Morgan fingerprint density at radius 1 is 0.414 bits per heavy atom. The zero-order chi connectivity index (χ0) is 39.8. The van der Waals surface area contributed by atoms with E-state index < -0.39 is 0 Å². The molecule has 12 rings (SSSR count). The topological polar surface area (TPSA) is 44.0 Å². The first-order valence-electron chi connectivity index (χ1n) is 21.1. The summed E-state index contributed by atoms with van der Waals surface area (Å²) in [5, 5.41) is 6.23. The van der Waals surface area contributed by atoms with Gasteiger partial charge in [-0.05, 0) is 148 Å². The summed E-state index contributed by atoms with van der Waals surface area (Å²) in [6.45, 7) is 4.38. The summed E-state index contributed by atoms with van der Waals surface area (Å²) in [6.07, 6.45) is 11.7. The van der Waals surface area contributed by atoms with Crippen LogP contribution in [0.1, 0.15) is 90.1 Å². The molecule has 0 aliphatic heterocycles. The van der Waals surface area contributed by atoms with Crippen LogP contribution in [0.4, 0.5) is 0 Å². The monoisotopic (exact) mass is 758 g/mol. The highest BCUT2D eigenvalue weighted by molar-refractivity contribution is 5.81. The van der Waals surface area contributed by atoms with E-state index in [1.807, 2.05) is 130 Å². The molecule has 288 valence electrons. The number of hydrogen-bond donors (Lipinski definition) is 0. The van der Waals surface area contributed by atoms with Crippen molar-refractivity contribution in [1.82, 2.24) is 9.13 Å². The highest BCUT2D eigenvalue weighted by Crippen LogP contribution is 2.34. The van der Waals surface area contributed by atoms with Crippen molar-refractivity contribution in [2.24, 2.45) is 11.8 Å². The molecule has 0 amide bonds. The SMILES string of the molecule is C[C@H](C1CCCCC1)n1c(=O)c2ccc(cc2)c(=O)n([C@H](C)C2CCCCC2)c2ccc(c#cc3ccccc3c#cc3ccccc3c#cc3ccc1cc3)cc2. The van der Waals surface area contributed by atoms with E-state index in [-0.39, 0.29) is 23.2 Å². The van der Waals surface area contributed by atoms with Crippen molar-refractivity contribution in [3.8, 4) is 0 Å². The van der Waals surface area contributed by atoms with Crippen LogP contribution in [0.15, 0.2) is 131 Å². The Morgan fingerprint density at radius 3 is 1.05 bits per heavy atom. The van der Waals surface area contributed by atoms with E-state index in [1.54, 1.807) is 0 Å². The molecule has 2 fully saturated rings. The zero-order valence-electron chi connectivity index (χ0n) is 33.6.